The zero-order valence-electron chi connectivity index (χ0n) is 13.2. The van der Waals surface area contributed by atoms with Crippen LogP contribution in [0.5, 0.6) is 0 Å². The van der Waals surface area contributed by atoms with Crippen LogP contribution in [0.2, 0.25) is 0 Å². The molecule has 24 heavy (non-hydrogen) atoms. The van der Waals surface area contributed by atoms with Crippen molar-refractivity contribution in [3.63, 3.8) is 0 Å². The molecule has 0 saturated carbocycles. The van der Waals surface area contributed by atoms with E-state index in [-0.39, 0.29) is 30.9 Å². The molecule has 1 fully saturated rings. The van der Waals surface area contributed by atoms with Gasteiger partial charge in [-0.05, 0) is 48.7 Å². The Hall–Kier alpha value is -2.34. The summed E-state index contributed by atoms with van der Waals surface area (Å²) < 4.78 is 27.6. The quantitative estimate of drug-likeness (QED) is 0.940. The molecule has 2 aromatic rings. The minimum absolute atomic E-state index is 0.103. The number of pyridine rings is 1. The summed E-state index contributed by atoms with van der Waals surface area (Å²) in [6.45, 7) is 1.97. The number of halogens is 2. The van der Waals surface area contributed by atoms with Crippen molar-refractivity contribution in [2.75, 3.05) is 6.54 Å². The molecule has 2 unspecified atom stereocenters. The Morgan fingerprint density at radius 1 is 1.38 bits per heavy atom. The van der Waals surface area contributed by atoms with Gasteiger partial charge in [-0.2, -0.15) is 0 Å². The standard InChI is InChI=1S/C18H18F2N2O2/c1-11-9-21-5-4-12(11)6-18(24)22-10-14(23)8-17(22)15-7-13(19)2-3-16(15)20/h2-5,7,9,14,17,23H,6,8,10H2,1H3. The SMILES string of the molecule is Cc1cnccc1CC(=O)N1CC(O)CC1c1cc(F)ccc1F. The normalized spacial score (nSPS) is 20.4. The number of nitrogens with zero attached hydrogens (tertiary/aromatic N) is 2. The van der Waals surface area contributed by atoms with Crippen LogP contribution in [-0.4, -0.2) is 33.5 Å². The molecule has 0 aliphatic carbocycles. The maximum atomic E-state index is 14.1. The van der Waals surface area contributed by atoms with E-state index in [4.69, 9.17) is 0 Å². The van der Waals surface area contributed by atoms with E-state index in [1.165, 1.54) is 4.90 Å². The van der Waals surface area contributed by atoms with Gasteiger partial charge in [0.25, 0.3) is 0 Å². The third-order valence-electron chi connectivity index (χ3n) is 4.39. The first-order valence-corrected chi connectivity index (χ1v) is 7.77. The van der Waals surface area contributed by atoms with Crippen LogP contribution in [0.25, 0.3) is 0 Å². The van der Waals surface area contributed by atoms with Gasteiger partial charge in [0.05, 0.1) is 18.6 Å². The second-order valence-corrected chi connectivity index (χ2v) is 6.10. The third-order valence-corrected chi connectivity index (χ3v) is 4.39. The predicted molar refractivity (Wildman–Crippen MR) is 84.1 cm³/mol. The van der Waals surface area contributed by atoms with Gasteiger partial charge in [-0.25, -0.2) is 8.78 Å². The first-order chi connectivity index (χ1) is 11.5. The van der Waals surface area contributed by atoms with Crippen molar-refractivity contribution in [3.8, 4) is 0 Å². The maximum Gasteiger partial charge on any atom is 0.227 e. The molecule has 4 nitrogen and oxygen atoms in total. The number of hydrogen-bond donors (Lipinski definition) is 1. The van der Waals surface area contributed by atoms with Crippen LogP contribution in [0.15, 0.2) is 36.7 Å². The summed E-state index contributed by atoms with van der Waals surface area (Å²) in [6, 6.07) is 4.28. The second-order valence-electron chi connectivity index (χ2n) is 6.10. The fourth-order valence-electron chi connectivity index (χ4n) is 3.12. The van der Waals surface area contributed by atoms with Crippen molar-refractivity contribution in [2.24, 2.45) is 0 Å². The van der Waals surface area contributed by atoms with Crippen LogP contribution >= 0.6 is 0 Å². The van der Waals surface area contributed by atoms with Crippen molar-refractivity contribution >= 4 is 5.91 Å². The Balaban J connectivity index is 1.86. The third kappa shape index (κ3) is 3.28. The summed E-state index contributed by atoms with van der Waals surface area (Å²) in [5.41, 5.74) is 1.82. The van der Waals surface area contributed by atoms with Gasteiger partial charge in [0.2, 0.25) is 5.91 Å². The number of benzene rings is 1. The van der Waals surface area contributed by atoms with Gasteiger partial charge in [-0.1, -0.05) is 0 Å². The van der Waals surface area contributed by atoms with Gasteiger partial charge in [0.1, 0.15) is 11.6 Å². The number of aliphatic hydroxyl groups excluding tert-OH is 1. The van der Waals surface area contributed by atoms with Crippen molar-refractivity contribution in [3.05, 3.63) is 65.0 Å². The number of rotatable bonds is 3. The fourth-order valence-corrected chi connectivity index (χ4v) is 3.12. The number of carbonyl (C=O) groups is 1. The van der Waals surface area contributed by atoms with Crippen LogP contribution in [0.1, 0.15) is 29.2 Å². The number of amides is 1. The summed E-state index contributed by atoms with van der Waals surface area (Å²) in [5, 5.41) is 9.94. The average Bonchev–Trinajstić information content (AvgIpc) is 2.94. The number of carbonyl (C=O) groups excluding carboxylic acids is 1. The van der Waals surface area contributed by atoms with E-state index in [0.29, 0.717) is 0 Å². The summed E-state index contributed by atoms with van der Waals surface area (Å²) in [4.78, 5) is 18.1. The molecule has 126 valence electrons. The average molecular weight is 332 g/mol. The number of β-amino-alcohol motifs (C(OH)–C–C–N with tert-alkyl or cyclic N) is 1. The number of aliphatic hydroxyl groups is 1. The molecule has 1 aromatic carbocycles. The largest absolute Gasteiger partial charge is 0.391 e. The molecule has 6 heteroatoms. The molecule has 2 atom stereocenters. The number of aromatic nitrogens is 1. The molecule has 1 aromatic heterocycles. The number of aryl methyl sites for hydroxylation is 1. The van der Waals surface area contributed by atoms with Gasteiger partial charge < -0.3 is 10.0 Å². The van der Waals surface area contributed by atoms with E-state index in [9.17, 15) is 18.7 Å². The van der Waals surface area contributed by atoms with E-state index in [2.05, 4.69) is 4.98 Å². The van der Waals surface area contributed by atoms with Crippen LogP contribution < -0.4 is 0 Å². The highest BCUT2D eigenvalue weighted by Crippen LogP contribution is 2.34. The molecule has 1 aliphatic rings. The van der Waals surface area contributed by atoms with E-state index in [1.807, 2.05) is 6.92 Å². The highest BCUT2D eigenvalue weighted by atomic mass is 19.1. The Kier molecular flexibility index (Phi) is 4.57. The highest BCUT2D eigenvalue weighted by Gasteiger charge is 2.36. The van der Waals surface area contributed by atoms with Crippen LogP contribution in [-0.2, 0) is 11.2 Å². The van der Waals surface area contributed by atoms with Gasteiger partial charge in [-0.15, -0.1) is 0 Å². The molecule has 1 amide bonds. The fraction of sp³-hybridized carbons (Fsp3) is 0.333. The van der Waals surface area contributed by atoms with Crippen LogP contribution in [0.4, 0.5) is 8.78 Å². The van der Waals surface area contributed by atoms with Gasteiger partial charge in [0.15, 0.2) is 0 Å². The Bertz CT molecular complexity index is 766. The van der Waals surface area contributed by atoms with Gasteiger partial charge in [-0.3, -0.25) is 9.78 Å². The molecule has 3 rings (SSSR count). The summed E-state index contributed by atoms with van der Waals surface area (Å²) in [7, 11) is 0. The zero-order valence-corrected chi connectivity index (χ0v) is 13.2. The van der Waals surface area contributed by atoms with Gasteiger partial charge >= 0.3 is 0 Å². The Morgan fingerprint density at radius 2 is 2.17 bits per heavy atom. The monoisotopic (exact) mass is 332 g/mol. The number of hydrogen-bond acceptors (Lipinski definition) is 3. The Morgan fingerprint density at radius 3 is 2.92 bits per heavy atom. The summed E-state index contributed by atoms with van der Waals surface area (Å²) in [5.74, 6) is -1.37. The highest BCUT2D eigenvalue weighted by molar-refractivity contribution is 5.80. The second kappa shape index (κ2) is 6.65. The van der Waals surface area contributed by atoms with E-state index < -0.39 is 23.8 Å². The summed E-state index contributed by atoms with van der Waals surface area (Å²) in [6.07, 6.45) is 2.86. The van der Waals surface area contributed by atoms with Crippen molar-refractivity contribution in [2.45, 2.75) is 31.9 Å². The zero-order chi connectivity index (χ0) is 17.3. The molecule has 1 saturated heterocycles. The maximum absolute atomic E-state index is 14.1. The van der Waals surface area contributed by atoms with Crippen LogP contribution in [0, 0.1) is 18.6 Å². The topological polar surface area (TPSA) is 53.4 Å². The molecule has 1 aliphatic heterocycles. The first-order valence-electron chi connectivity index (χ1n) is 7.77. The minimum Gasteiger partial charge on any atom is -0.391 e. The number of likely N-dealkylation sites (tertiary alicyclic amines) is 1. The van der Waals surface area contributed by atoms with Crippen molar-refractivity contribution < 1.29 is 18.7 Å². The van der Waals surface area contributed by atoms with E-state index in [0.717, 1.165) is 29.3 Å². The minimum atomic E-state index is -0.750. The molecular weight excluding hydrogens is 314 g/mol. The molecule has 0 bridgehead atoms. The van der Waals surface area contributed by atoms with Gasteiger partial charge in [0, 0.05) is 24.5 Å². The van der Waals surface area contributed by atoms with Crippen molar-refractivity contribution in [1.29, 1.82) is 0 Å². The van der Waals surface area contributed by atoms with Crippen molar-refractivity contribution in [1.82, 2.24) is 9.88 Å². The first kappa shape index (κ1) is 16.5. The molecule has 1 N–H and O–H groups in total. The Labute approximate surface area is 138 Å². The summed E-state index contributed by atoms with van der Waals surface area (Å²) >= 11 is 0. The van der Waals surface area contributed by atoms with E-state index >= 15 is 0 Å². The lowest BCUT2D eigenvalue weighted by Gasteiger charge is -2.25. The predicted octanol–water partition coefficient (Wildman–Crippen LogP) is 2.55. The lowest BCUT2D eigenvalue weighted by molar-refractivity contribution is -0.131. The molecule has 0 radical (unpaired) electrons. The lowest BCUT2D eigenvalue weighted by atomic mass is 10.0. The molecule has 2 heterocycles. The molecule has 0 spiro atoms. The van der Waals surface area contributed by atoms with Crippen LogP contribution in [0.3, 0.4) is 0 Å². The van der Waals surface area contributed by atoms with E-state index in [1.54, 1.807) is 18.5 Å². The molecular formula is C18H18F2N2O2. The lowest BCUT2D eigenvalue weighted by Crippen LogP contribution is -2.33. The smallest absolute Gasteiger partial charge is 0.227 e.